The standard InChI is InChI=1S/C24H40N4O3/c1-4-27-23(30)28(26-25-27)15-22(29)17-6-5-7-21-19(16(2)8-9-17)11-10-18-14-24(3,31)13-12-20(18)21/h16-21,31H,4-15H2,1-3H3/t16-,17+,18+,19-,20-,21-,24+/m0/s1. The zero-order chi connectivity index (χ0) is 22.2. The van der Waals surface area contributed by atoms with E-state index in [1.165, 1.54) is 28.6 Å². The molecule has 31 heavy (non-hydrogen) atoms. The SMILES string of the molecule is CCn1nnn(CC(=O)[C@@H]2CCC[C@H]3[C@@H](CC[C@@H]4C[C@](C)(O)CC[C@@H]43)[C@@H](C)CC2)c1=O. The van der Waals surface area contributed by atoms with Crippen molar-refractivity contribution in [1.29, 1.82) is 0 Å². The molecule has 1 N–H and O–H groups in total. The second kappa shape index (κ2) is 9.16. The molecule has 0 spiro atoms. The van der Waals surface area contributed by atoms with Crippen molar-refractivity contribution in [3.63, 3.8) is 0 Å². The third-order valence-corrected chi connectivity index (χ3v) is 8.84. The van der Waals surface area contributed by atoms with E-state index in [0.29, 0.717) is 18.4 Å². The largest absolute Gasteiger partial charge is 0.390 e. The number of tetrazole rings is 1. The molecule has 0 aromatic carbocycles. The highest BCUT2D eigenvalue weighted by molar-refractivity contribution is 5.80. The van der Waals surface area contributed by atoms with Gasteiger partial charge in [0.15, 0.2) is 5.78 Å². The predicted octanol–water partition coefficient (Wildman–Crippen LogP) is 3.44. The van der Waals surface area contributed by atoms with Crippen molar-refractivity contribution in [2.24, 2.45) is 35.5 Å². The first-order chi connectivity index (χ1) is 14.8. The van der Waals surface area contributed by atoms with Crippen LogP contribution >= 0.6 is 0 Å². The molecule has 0 bridgehead atoms. The predicted molar refractivity (Wildman–Crippen MR) is 118 cm³/mol. The van der Waals surface area contributed by atoms with E-state index in [-0.39, 0.29) is 23.9 Å². The first-order valence-corrected chi connectivity index (χ1v) is 12.5. The third kappa shape index (κ3) is 4.81. The highest BCUT2D eigenvalue weighted by Crippen LogP contribution is 2.53. The van der Waals surface area contributed by atoms with Gasteiger partial charge in [0.1, 0.15) is 6.54 Å². The van der Waals surface area contributed by atoms with Crippen LogP contribution in [0.3, 0.4) is 0 Å². The lowest BCUT2D eigenvalue weighted by Crippen LogP contribution is -2.45. The Kier molecular flexibility index (Phi) is 6.71. The summed E-state index contributed by atoms with van der Waals surface area (Å²) in [6, 6.07) is 0. The minimum absolute atomic E-state index is 0.0177. The van der Waals surface area contributed by atoms with Crippen LogP contribution in [-0.2, 0) is 17.9 Å². The summed E-state index contributed by atoms with van der Waals surface area (Å²) in [5, 5.41) is 18.3. The molecule has 4 rings (SSSR count). The molecule has 0 unspecified atom stereocenters. The minimum atomic E-state index is -0.479. The van der Waals surface area contributed by atoms with Gasteiger partial charge in [-0.05, 0) is 112 Å². The molecule has 174 valence electrons. The van der Waals surface area contributed by atoms with Gasteiger partial charge in [0.25, 0.3) is 0 Å². The van der Waals surface area contributed by atoms with Crippen LogP contribution in [0.15, 0.2) is 4.79 Å². The van der Waals surface area contributed by atoms with E-state index in [2.05, 4.69) is 17.4 Å². The molecule has 0 radical (unpaired) electrons. The van der Waals surface area contributed by atoms with Gasteiger partial charge in [0.05, 0.1) is 5.60 Å². The summed E-state index contributed by atoms with van der Waals surface area (Å²) in [4.78, 5) is 25.3. The summed E-state index contributed by atoms with van der Waals surface area (Å²) < 4.78 is 2.52. The molecule has 0 saturated heterocycles. The number of aryl methyl sites for hydroxylation is 1. The number of hydrogen-bond acceptors (Lipinski definition) is 5. The zero-order valence-electron chi connectivity index (χ0n) is 19.5. The highest BCUT2D eigenvalue weighted by atomic mass is 16.3. The van der Waals surface area contributed by atoms with Gasteiger partial charge in [0.2, 0.25) is 0 Å². The van der Waals surface area contributed by atoms with Crippen LogP contribution in [0.1, 0.15) is 85.0 Å². The van der Waals surface area contributed by atoms with E-state index in [9.17, 15) is 14.7 Å². The molecule has 3 saturated carbocycles. The van der Waals surface area contributed by atoms with Crippen LogP contribution in [-0.4, -0.2) is 36.3 Å². The van der Waals surface area contributed by atoms with Crippen LogP contribution in [0.5, 0.6) is 0 Å². The summed E-state index contributed by atoms with van der Waals surface area (Å²) in [5.74, 6) is 3.69. The number of aliphatic hydroxyl groups is 1. The number of Topliss-reactive ketones (excluding diaryl/α,β-unsaturated/α-hetero) is 1. The molecule has 7 atom stereocenters. The van der Waals surface area contributed by atoms with Crippen LogP contribution in [0.2, 0.25) is 0 Å². The average molecular weight is 433 g/mol. The van der Waals surface area contributed by atoms with Crippen molar-refractivity contribution < 1.29 is 9.90 Å². The lowest BCUT2D eigenvalue weighted by Gasteiger charge is -2.50. The van der Waals surface area contributed by atoms with E-state index in [4.69, 9.17) is 0 Å². The Bertz CT molecular complexity index is 829. The molecule has 7 heteroatoms. The molecule has 1 aromatic heterocycles. The van der Waals surface area contributed by atoms with Crippen LogP contribution in [0, 0.1) is 35.5 Å². The number of carbonyl (C=O) groups excluding carboxylic acids is 1. The lowest BCUT2D eigenvalue weighted by atomic mass is 9.56. The van der Waals surface area contributed by atoms with Gasteiger partial charge in [0, 0.05) is 12.5 Å². The zero-order valence-corrected chi connectivity index (χ0v) is 19.5. The molecule has 0 aliphatic heterocycles. The fourth-order valence-corrected chi connectivity index (χ4v) is 7.11. The van der Waals surface area contributed by atoms with Crippen LogP contribution in [0.4, 0.5) is 0 Å². The molecule has 0 amide bonds. The average Bonchev–Trinajstić information content (AvgIpc) is 3.11. The van der Waals surface area contributed by atoms with E-state index in [0.717, 1.165) is 62.7 Å². The molecule has 1 aromatic rings. The van der Waals surface area contributed by atoms with E-state index in [1.54, 1.807) is 0 Å². The number of fused-ring (bicyclic) bond motifs is 3. The normalized spacial score (nSPS) is 39.0. The summed E-state index contributed by atoms with van der Waals surface area (Å²) in [6.45, 7) is 6.76. The van der Waals surface area contributed by atoms with Gasteiger partial charge >= 0.3 is 5.69 Å². The fraction of sp³-hybridized carbons (Fsp3) is 0.917. The molecule has 7 nitrogen and oxygen atoms in total. The Hall–Kier alpha value is -1.50. The first-order valence-electron chi connectivity index (χ1n) is 12.5. The van der Waals surface area contributed by atoms with Crippen molar-refractivity contribution in [2.45, 2.75) is 104 Å². The van der Waals surface area contributed by atoms with Crippen LogP contribution < -0.4 is 5.69 Å². The maximum Gasteiger partial charge on any atom is 0.364 e. The Morgan fingerprint density at radius 1 is 1.03 bits per heavy atom. The van der Waals surface area contributed by atoms with E-state index in [1.807, 2.05) is 13.8 Å². The molecular formula is C24H40N4O3. The van der Waals surface area contributed by atoms with E-state index >= 15 is 0 Å². The minimum Gasteiger partial charge on any atom is -0.390 e. The van der Waals surface area contributed by atoms with Gasteiger partial charge in [-0.1, -0.05) is 13.3 Å². The number of carbonyl (C=O) groups is 1. The maximum atomic E-state index is 13.1. The van der Waals surface area contributed by atoms with Gasteiger partial charge in [-0.15, -0.1) is 0 Å². The number of aromatic nitrogens is 4. The number of ketones is 1. The summed E-state index contributed by atoms with van der Waals surface area (Å²) in [6.07, 6.45) is 10.8. The van der Waals surface area contributed by atoms with Crippen molar-refractivity contribution in [3.8, 4) is 0 Å². The van der Waals surface area contributed by atoms with Crippen molar-refractivity contribution in [3.05, 3.63) is 10.5 Å². The summed E-state index contributed by atoms with van der Waals surface area (Å²) in [5.41, 5.74) is -0.773. The molecule has 3 fully saturated rings. The summed E-state index contributed by atoms with van der Waals surface area (Å²) in [7, 11) is 0. The van der Waals surface area contributed by atoms with E-state index < -0.39 is 5.60 Å². The first kappa shape index (κ1) is 22.7. The number of nitrogens with zero attached hydrogens (tertiary/aromatic N) is 4. The Morgan fingerprint density at radius 3 is 2.55 bits per heavy atom. The number of hydrogen-bond donors (Lipinski definition) is 1. The Balaban J connectivity index is 1.42. The molecular weight excluding hydrogens is 392 g/mol. The van der Waals surface area contributed by atoms with Crippen molar-refractivity contribution in [1.82, 2.24) is 19.8 Å². The molecule has 1 heterocycles. The van der Waals surface area contributed by atoms with Gasteiger partial charge in [-0.2, -0.15) is 9.36 Å². The third-order valence-electron chi connectivity index (χ3n) is 8.84. The maximum absolute atomic E-state index is 13.1. The Morgan fingerprint density at radius 2 is 1.81 bits per heavy atom. The van der Waals surface area contributed by atoms with Gasteiger partial charge in [-0.3, -0.25) is 4.79 Å². The monoisotopic (exact) mass is 432 g/mol. The molecule has 3 aliphatic carbocycles. The fourth-order valence-electron chi connectivity index (χ4n) is 7.11. The molecule has 3 aliphatic rings. The van der Waals surface area contributed by atoms with Crippen molar-refractivity contribution >= 4 is 5.78 Å². The van der Waals surface area contributed by atoms with Crippen LogP contribution in [0.25, 0.3) is 0 Å². The second-order valence-electron chi connectivity index (χ2n) is 11.0. The highest BCUT2D eigenvalue weighted by Gasteiger charge is 2.46. The Labute approximate surface area is 185 Å². The quantitative estimate of drug-likeness (QED) is 0.787. The topological polar surface area (TPSA) is 90.0 Å². The summed E-state index contributed by atoms with van der Waals surface area (Å²) >= 11 is 0. The van der Waals surface area contributed by atoms with Gasteiger partial charge < -0.3 is 5.11 Å². The number of rotatable bonds is 4. The van der Waals surface area contributed by atoms with Gasteiger partial charge in [-0.25, -0.2) is 4.79 Å². The second-order valence-corrected chi connectivity index (χ2v) is 11.0. The smallest absolute Gasteiger partial charge is 0.364 e. The van der Waals surface area contributed by atoms with Crippen molar-refractivity contribution in [2.75, 3.05) is 0 Å². The lowest BCUT2D eigenvalue weighted by molar-refractivity contribution is -0.124.